The van der Waals surface area contributed by atoms with E-state index in [-0.39, 0.29) is 17.9 Å². The summed E-state index contributed by atoms with van der Waals surface area (Å²) in [5.74, 6) is 0.713. The molecule has 5 heteroatoms. The minimum atomic E-state index is -0.267. The summed E-state index contributed by atoms with van der Waals surface area (Å²) in [6, 6.07) is 7.28. The number of phenolic OH excluding ortho intramolecular Hbond substituents is 1. The standard InChI is InChI=1S/C15H20N2O3/c18-14-4-2-1-3-12(14)9-17-13(10-20-15(17)19)11-5-7-16-8-6-11/h1-4,11,13,16,18H,5-10H2. The van der Waals surface area contributed by atoms with E-state index in [0.29, 0.717) is 19.1 Å². The number of amides is 1. The average Bonchev–Trinajstić information content (AvgIpc) is 2.84. The van der Waals surface area contributed by atoms with Gasteiger partial charge in [-0.05, 0) is 37.9 Å². The molecule has 5 nitrogen and oxygen atoms in total. The lowest BCUT2D eigenvalue weighted by Crippen LogP contribution is -2.43. The maximum Gasteiger partial charge on any atom is 0.410 e. The molecule has 1 aromatic rings. The van der Waals surface area contributed by atoms with E-state index < -0.39 is 0 Å². The number of carbonyl (C=O) groups excluding carboxylic acids is 1. The first-order chi connectivity index (χ1) is 9.75. The number of piperidine rings is 1. The van der Waals surface area contributed by atoms with Crippen LogP contribution in [0.25, 0.3) is 0 Å². The summed E-state index contributed by atoms with van der Waals surface area (Å²) in [6.45, 7) is 2.89. The van der Waals surface area contributed by atoms with Gasteiger partial charge < -0.3 is 15.2 Å². The third-order valence-corrected chi connectivity index (χ3v) is 4.27. The monoisotopic (exact) mass is 276 g/mol. The van der Waals surface area contributed by atoms with Crippen LogP contribution >= 0.6 is 0 Å². The molecule has 2 aliphatic rings. The van der Waals surface area contributed by atoms with Crippen LogP contribution < -0.4 is 5.32 Å². The van der Waals surface area contributed by atoms with Crippen molar-refractivity contribution in [2.24, 2.45) is 5.92 Å². The lowest BCUT2D eigenvalue weighted by atomic mass is 9.90. The van der Waals surface area contributed by atoms with Gasteiger partial charge in [0, 0.05) is 5.56 Å². The second-order valence-electron chi connectivity index (χ2n) is 5.49. The highest BCUT2D eigenvalue weighted by molar-refractivity contribution is 5.70. The number of hydrogen-bond acceptors (Lipinski definition) is 4. The Kier molecular flexibility index (Phi) is 3.78. The topological polar surface area (TPSA) is 61.8 Å². The maximum absolute atomic E-state index is 11.9. The van der Waals surface area contributed by atoms with Crippen molar-refractivity contribution in [1.29, 1.82) is 0 Å². The van der Waals surface area contributed by atoms with Crippen LogP contribution in [0.4, 0.5) is 4.79 Å². The summed E-state index contributed by atoms with van der Waals surface area (Å²) in [5, 5.41) is 13.2. The Balaban J connectivity index is 1.75. The van der Waals surface area contributed by atoms with E-state index >= 15 is 0 Å². The maximum atomic E-state index is 11.9. The van der Waals surface area contributed by atoms with Gasteiger partial charge in [-0.2, -0.15) is 0 Å². The minimum Gasteiger partial charge on any atom is -0.508 e. The SMILES string of the molecule is O=C1OCC(C2CCNCC2)N1Cc1ccccc1O. The summed E-state index contributed by atoms with van der Waals surface area (Å²) >= 11 is 0. The van der Waals surface area contributed by atoms with E-state index in [1.165, 1.54) is 0 Å². The first-order valence-electron chi connectivity index (χ1n) is 7.16. The third-order valence-electron chi connectivity index (χ3n) is 4.27. The molecule has 1 amide bonds. The number of nitrogens with zero attached hydrogens (tertiary/aromatic N) is 1. The number of benzene rings is 1. The van der Waals surface area contributed by atoms with Crippen molar-refractivity contribution in [2.45, 2.75) is 25.4 Å². The first kappa shape index (κ1) is 13.2. The van der Waals surface area contributed by atoms with Crippen molar-refractivity contribution in [1.82, 2.24) is 10.2 Å². The number of ether oxygens (including phenoxy) is 1. The van der Waals surface area contributed by atoms with Crippen LogP contribution in [0, 0.1) is 5.92 Å². The Morgan fingerprint density at radius 1 is 1.30 bits per heavy atom. The molecule has 0 radical (unpaired) electrons. The number of para-hydroxylation sites is 1. The Hall–Kier alpha value is -1.75. The molecule has 2 N–H and O–H groups in total. The largest absolute Gasteiger partial charge is 0.508 e. The molecule has 0 spiro atoms. The minimum absolute atomic E-state index is 0.129. The van der Waals surface area contributed by atoms with Crippen molar-refractivity contribution in [3.8, 4) is 5.75 Å². The summed E-state index contributed by atoms with van der Waals surface area (Å²) in [5.41, 5.74) is 0.769. The van der Waals surface area contributed by atoms with E-state index in [0.717, 1.165) is 31.5 Å². The number of hydrogen-bond donors (Lipinski definition) is 2. The van der Waals surface area contributed by atoms with E-state index in [4.69, 9.17) is 4.74 Å². The summed E-state index contributed by atoms with van der Waals surface area (Å²) in [4.78, 5) is 13.7. The zero-order valence-electron chi connectivity index (χ0n) is 11.4. The Morgan fingerprint density at radius 2 is 2.05 bits per heavy atom. The molecule has 2 heterocycles. The molecule has 20 heavy (non-hydrogen) atoms. The predicted octanol–water partition coefficient (Wildman–Crippen LogP) is 1.71. The lowest BCUT2D eigenvalue weighted by molar-refractivity contribution is 0.151. The lowest BCUT2D eigenvalue weighted by Gasteiger charge is -2.32. The number of cyclic esters (lactones) is 1. The van der Waals surface area contributed by atoms with Crippen LogP contribution in [0.15, 0.2) is 24.3 Å². The molecule has 0 saturated carbocycles. The molecule has 1 atom stereocenters. The highest BCUT2D eigenvalue weighted by atomic mass is 16.6. The average molecular weight is 276 g/mol. The third kappa shape index (κ3) is 2.58. The van der Waals surface area contributed by atoms with Crippen molar-refractivity contribution in [3.05, 3.63) is 29.8 Å². The number of aromatic hydroxyl groups is 1. The fourth-order valence-corrected chi connectivity index (χ4v) is 3.09. The molecule has 0 aliphatic carbocycles. The number of phenols is 1. The van der Waals surface area contributed by atoms with E-state index in [2.05, 4.69) is 5.32 Å². The first-order valence-corrected chi connectivity index (χ1v) is 7.16. The predicted molar refractivity (Wildman–Crippen MR) is 74.4 cm³/mol. The second kappa shape index (κ2) is 5.71. The highest BCUT2D eigenvalue weighted by Gasteiger charge is 2.38. The van der Waals surface area contributed by atoms with Gasteiger partial charge in [-0.15, -0.1) is 0 Å². The molecule has 0 bridgehead atoms. The molecule has 3 rings (SSSR count). The number of carbonyl (C=O) groups is 1. The van der Waals surface area contributed by atoms with Crippen LogP contribution in [-0.2, 0) is 11.3 Å². The van der Waals surface area contributed by atoms with E-state index in [9.17, 15) is 9.90 Å². The van der Waals surface area contributed by atoms with E-state index in [1.54, 1.807) is 17.0 Å². The summed E-state index contributed by atoms with van der Waals surface area (Å²) < 4.78 is 5.23. The number of nitrogens with one attached hydrogen (secondary N) is 1. The van der Waals surface area contributed by atoms with Crippen molar-refractivity contribution < 1.29 is 14.6 Å². The van der Waals surface area contributed by atoms with Gasteiger partial charge in [0.1, 0.15) is 12.4 Å². The Labute approximate surface area is 118 Å². The van der Waals surface area contributed by atoms with Crippen LogP contribution in [0.3, 0.4) is 0 Å². The Morgan fingerprint density at radius 3 is 2.80 bits per heavy atom. The van der Waals surface area contributed by atoms with Gasteiger partial charge in [0.25, 0.3) is 0 Å². The zero-order valence-corrected chi connectivity index (χ0v) is 11.4. The van der Waals surface area contributed by atoms with Crippen molar-refractivity contribution in [2.75, 3.05) is 19.7 Å². The van der Waals surface area contributed by atoms with Gasteiger partial charge in [0.15, 0.2) is 0 Å². The van der Waals surface area contributed by atoms with Gasteiger partial charge in [-0.25, -0.2) is 4.79 Å². The molecular formula is C15H20N2O3. The van der Waals surface area contributed by atoms with Gasteiger partial charge in [0.05, 0.1) is 12.6 Å². The quantitative estimate of drug-likeness (QED) is 0.882. The van der Waals surface area contributed by atoms with Gasteiger partial charge in [-0.1, -0.05) is 18.2 Å². The van der Waals surface area contributed by atoms with Crippen molar-refractivity contribution in [3.63, 3.8) is 0 Å². The Bertz CT molecular complexity index is 486. The fraction of sp³-hybridized carbons (Fsp3) is 0.533. The van der Waals surface area contributed by atoms with Gasteiger partial charge in [0.2, 0.25) is 0 Å². The van der Waals surface area contributed by atoms with Gasteiger partial charge >= 0.3 is 6.09 Å². The van der Waals surface area contributed by atoms with Crippen LogP contribution in [0.5, 0.6) is 5.75 Å². The molecule has 2 saturated heterocycles. The summed E-state index contributed by atoms with van der Waals surface area (Å²) in [7, 11) is 0. The molecule has 1 aromatic carbocycles. The smallest absolute Gasteiger partial charge is 0.410 e. The van der Waals surface area contributed by atoms with Gasteiger partial charge in [-0.3, -0.25) is 4.90 Å². The molecule has 2 aliphatic heterocycles. The molecule has 2 fully saturated rings. The molecule has 108 valence electrons. The van der Waals surface area contributed by atoms with Crippen LogP contribution in [0.2, 0.25) is 0 Å². The molecule has 0 aromatic heterocycles. The van der Waals surface area contributed by atoms with Crippen LogP contribution in [-0.4, -0.2) is 41.8 Å². The molecule has 1 unspecified atom stereocenters. The highest BCUT2D eigenvalue weighted by Crippen LogP contribution is 2.29. The van der Waals surface area contributed by atoms with Crippen LogP contribution in [0.1, 0.15) is 18.4 Å². The van der Waals surface area contributed by atoms with E-state index in [1.807, 2.05) is 12.1 Å². The zero-order chi connectivity index (χ0) is 13.9. The summed E-state index contributed by atoms with van der Waals surface area (Å²) in [6.07, 6.45) is 1.87. The van der Waals surface area contributed by atoms with Crippen molar-refractivity contribution >= 4 is 6.09 Å². The number of rotatable bonds is 3. The second-order valence-corrected chi connectivity index (χ2v) is 5.49. The normalized spacial score (nSPS) is 23.9. The molecular weight excluding hydrogens is 256 g/mol. The fourth-order valence-electron chi connectivity index (χ4n) is 3.09.